The van der Waals surface area contributed by atoms with E-state index < -0.39 is 8.32 Å². The molecule has 0 spiro atoms. The van der Waals surface area contributed by atoms with Gasteiger partial charge < -0.3 is 9.16 Å². The third kappa shape index (κ3) is 3.64. The van der Waals surface area contributed by atoms with E-state index in [2.05, 4.69) is 88.0 Å². The van der Waals surface area contributed by atoms with Crippen LogP contribution in [-0.4, -0.2) is 27.6 Å². The van der Waals surface area contributed by atoms with Crippen molar-refractivity contribution in [1.82, 2.24) is 0 Å². The first-order valence-electron chi connectivity index (χ1n) is 8.97. The molecule has 0 bridgehead atoms. The molecule has 132 valence electrons. The van der Waals surface area contributed by atoms with Crippen molar-refractivity contribution < 1.29 is 9.16 Å². The molecule has 1 unspecified atom stereocenters. The molecule has 1 saturated heterocycles. The summed E-state index contributed by atoms with van der Waals surface area (Å²) in [6, 6.07) is 21.5. The SMILES string of the molecule is C=C1COC(CO[Si](c2ccccc2)(c2ccccc2)C(C)(C)C)C1. The summed E-state index contributed by atoms with van der Waals surface area (Å²) in [7, 11) is -2.45. The van der Waals surface area contributed by atoms with Crippen LogP contribution in [-0.2, 0) is 9.16 Å². The zero-order valence-corrected chi connectivity index (χ0v) is 16.5. The lowest BCUT2D eigenvalue weighted by Gasteiger charge is -2.43. The van der Waals surface area contributed by atoms with Gasteiger partial charge in [0.05, 0.1) is 19.3 Å². The molecule has 0 aliphatic carbocycles. The zero-order chi connectivity index (χ0) is 17.9. The summed E-state index contributed by atoms with van der Waals surface area (Å²) >= 11 is 0. The lowest BCUT2D eigenvalue weighted by Crippen LogP contribution is -2.67. The van der Waals surface area contributed by atoms with Gasteiger partial charge in [-0.2, -0.15) is 0 Å². The van der Waals surface area contributed by atoms with Crippen LogP contribution < -0.4 is 10.4 Å². The first kappa shape index (κ1) is 18.1. The maximum absolute atomic E-state index is 6.87. The smallest absolute Gasteiger partial charge is 0.261 e. The van der Waals surface area contributed by atoms with E-state index in [1.165, 1.54) is 10.4 Å². The van der Waals surface area contributed by atoms with Gasteiger partial charge in [-0.25, -0.2) is 0 Å². The Morgan fingerprint density at radius 3 is 1.92 bits per heavy atom. The molecular weight excluding hydrogens is 324 g/mol. The number of ether oxygens (including phenoxy) is 1. The highest BCUT2D eigenvalue weighted by molar-refractivity contribution is 6.99. The molecule has 0 radical (unpaired) electrons. The predicted octanol–water partition coefficient (Wildman–Crippen LogP) is 3.91. The van der Waals surface area contributed by atoms with E-state index in [9.17, 15) is 0 Å². The fraction of sp³-hybridized carbons (Fsp3) is 0.364. The maximum Gasteiger partial charge on any atom is 0.261 e. The molecule has 0 N–H and O–H groups in total. The van der Waals surface area contributed by atoms with Crippen molar-refractivity contribution in [3.63, 3.8) is 0 Å². The van der Waals surface area contributed by atoms with Gasteiger partial charge in [-0.3, -0.25) is 0 Å². The van der Waals surface area contributed by atoms with Gasteiger partial charge in [0, 0.05) is 0 Å². The van der Waals surface area contributed by atoms with E-state index in [1.54, 1.807) is 0 Å². The molecule has 0 aromatic heterocycles. The van der Waals surface area contributed by atoms with Crippen LogP contribution in [0.2, 0.25) is 5.04 Å². The summed E-state index contributed by atoms with van der Waals surface area (Å²) in [5.74, 6) is 0. The highest BCUT2D eigenvalue weighted by Crippen LogP contribution is 2.37. The highest BCUT2D eigenvalue weighted by atomic mass is 28.4. The van der Waals surface area contributed by atoms with Crippen LogP contribution >= 0.6 is 0 Å². The van der Waals surface area contributed by atoms with Crippen molar-refractivity contribution in [2.24, 2.45) is 0 Å². The average Bonchev–Trinajstić information content (AvgIpc) is 3.02. The fourth-order valence-corrected chi connectivity index (χ4v) is 8.35. The van der Waals surface area contributed by atoms with Crippen LogP contribution in [0.25, 0.3) is 0 Å². The van der Waals surface area contributed by atoms with Crippen molar-refractivity contribution >= 4 is 18.7 Å². The topological polar surface area (TPSA) is 18.5 Å². The molecule has 0 saturated carbocycles. The van der Waals surface area contributed by atoms with Gasteiger partial charge in [-0.1, -0.05) is 88.0 Å². The van der Waals surface area contributed by atoms with Gasteiger partial charge in [-0.05, 0) is 27.4 Å². The first-order valence-corrected chi connectivity index (χ1v) is 10.9. The standard InChI is InChI=1S/C22H28O2Si/c1-18-15-19(23-16-18)17-24-25(22(2,3)4,20-11-7-5-8-12-20)21-13-9-6-10-14-21/h5-14,19H,1,15-17H2,2-4H3. The lowest BCUT2D eigenvalue weighted by molar-refractivity contribution is 0.0658. The van der Waals surface area contributed by atoms with Gasteiger partial charge >= 0.3 is 0 Å². The van der Waals surface area contributed by atoms with Crippen molar-refractivity contribution in [3.8, 4) is 0 Å². The van der Waals surface area contributed by atoms with Gasteiger partial charge in [0.15, 0.2) is 0 Å². The van der Waals surface area contributed by atoms with E-state index in [-0.39, 0.29) is 11.1 Å². The molecule has 3 heteroatoms. The predicted molar refractivity (Wildman–Crippen MR) is 107 cm³/mol. The third-order valence-electron chi connectivity index (χ3n) is 4.94. The Labute approximate surface area is 152 Å². The van der Waals surface area contributed by atoms with Crippen molar-refractivity contribution in [3.05, 3.63) is 72.8 Å². The molecule has 0 amide bonds. The molecule has 2 aromatic rings. The second-order valence-corrected chi connectivity index (χ2v) is 12.2. The first-order chi connectivity index (χ1) is 11.9. The molecule has 1 aliphatic heterocycles. The van der Waals surface area contributed by atoms with Crippen molar-refractivity contribution in [1.29, 1.82) is 0 Å². The molecule has 2 aromatic carbocycles. The Bertz CT molecular complexity index is 664. The van der Waals surface area contributed by atoms with Crippen LogP contribution in [0.5, 0.6) is 0 Å². The second kappa shape index (κ2) is 7.28. The van der Waals surface area contributed by atoms with Gasteiger partial charge in [0.2, 0.25) is 0 Å². The molecular formula is C22H28O2Si. The largest absolute Gasteiger partial charge is 0.405 e. The van der Waals surface area contributed by atoms with Crippen LogP contribution in [0.4, 0.5) is 0 Å². The Morgan fingerprint density at radius 2 is 1.52 bits per heavy atom. The maximum atomic E-state index is 6.87. The molecule has 1 aliphatic rings. The Hall–Kier alpha value is -1.68. The number of benzene rings is 2. The van der Waals surface area contributed by atoms with Gasteiger partial charge in [-0.15, -0.1) is 0 Å². The minimum absolute atomic E-state index is 0.00528. The minimum Gasteiger partial charge on any atom is -0.405 e. The zero-order valence-electron chi connectivity index (χ0n) is 15.5. The summed E-state index contributed by atoms with van der Waals surface area (Å²) in [6.45, 7) is 12.2. The van der Waals surface area contributed by atoms with Gasteiger partial charge in [0.1, 0.15) is 0 Å². The molecule has 25 heavy (non-hydrogen) atoms. The minimum atomic E-state index is -2.45. The lowest BCUT2D eigenvalue weighted by atomic mass is 10.2. The van der Waals surface area contributed by atoms with Crippen molar-refractivity contribution in [2.75, 3.05) is 13.2 Å². The normalized spacial score (nSPS) is 18.5. The fourth-order valence-electron chi connectivity index (χ4n) is 3.76. The third-order valence-corrected chi connectivity index (χ3v) is 9.95. The van der Waals surface area contributed by atoms with Crippen LogP contribution in [0, 0.1) is 0 Å². The van der Waals surface area contributed by atoms with E-state index in [0.717, 1.165) is 12.0 Å². The van der Waals surface area contributed by atoms with Gasteiger partial charge in [0.25, 0.3) is 8.32 Å². The Morgan fingerprint density at radius 1 is 1.00 bits per heavy atom. The highest BCUT2D eigenvalue weighted by Gasteiger charge is 2.50. The molecule has 2 nitrogen and oxygen atoms in total. The molecule has 1 fully saturated rings. The van der Waals surface area contributed by atoms with Crippen molar-refractivity contribution in [2.45, 2.75) is 38.3 Å². The van der Waals surface area contributed by atoms with E-state index in [1.807, 2.05) is 0 Å². The average molecular weight is 353 g/mol. The summed E-state index contributed by atoms with van der Waals surface area (Å²) < 4.78 is 12.7. The number of rotatable bonds is 5. The quantitative estimate of drug-likeness (QED) is 0.600. The monoisotopic (exact) mass is 352 g/mol. The van der Waals surface area contributed by atoms with E-state index >= 15 is 0 Å². The van der Waals surface area contributed by atoms with Crippen LogP contribution in [0.1, 0.15) is 27.2 Å². The Balaban J connectivity index is 2.04. The summed E-state index contributed by atoms with van der Waals surface area (Å²) in [4.78, 5) is 0. The summed E-state index contributed by atoms with van der Waals surface area (Å²) in [5, 5.41) is 2.63. The molecule has 3 rings (SSSR count). The van der Waals surface area contributed by atoms with Crippen LogP contribution in [0.15, 0.2) is 72.8 Å². The number of hydrogen-bond donors (Lipinski definition) is 0. The summed E-state index contributed by atoms with van der Waals surface area (Å²) in [5.41, 5.74) is 1.16. The molecule has 1 heterocycles. The second-order valence-electron chi connectivity index (χ2n) is 7.86. The number of hydrogen-bond acceptors (Lipinski definition) is 2. The summed E-state index contributed by atoms with van der Waals surface area (Å²) in [6.07, 6.45) is 1.02. The Kier molecular flexibility index (Phi) is 5.28. The van der Waals surface area contributed by atoms with E-state index in [4.69, 9.17) is 9.16 Å². The van der Waals surface area contributed by atoms with Crippen LogP contribution in [0.3, 0.4) is 0 Å². The molecule has 1 atom stereocenters. The van der Waals surface area contributed by atoms with E-state index in [0.29, 0.717) is 13.2 Å².